The van der Waals surface area contributed by atoms with Crippen molar-refractivity contribution in [2.24, 2.45) is 0 Å². The number of aliphatic hydroxyl groups excluding tert-OH is 2. The Bertz CT molecular complexity index is 308. The van der Waals surface area contributed by atoms with Crippen LogP contribution in [0.3, 0.4) is 0 Å². The molecule has 1 rings (SSSR count). The summed E-state index contributed by atoms with van der Waals surface area (Å²) in [5.74, 6) is 0. The van der Waals surface area contributed by atoms with Crippen LogP contribution in [0.1, 0.15) is 6.92 Å². The predicted octanol–water partition coefficient (Wildman–Crippen LogP) is -2.10. The summed E-state index contributed by atoms with van der Waals surface area (Å²) in [5.41, 5.74) is -1.24. The van der Waals surface area contributed by atoms with Crippen LogP contribution in [0.25, 0.3) is 0 Å². The van der Waals surface area contributed by atoms with Crippen molar-refractivity contribution in [1.29, 1.82) is 0 Å². The Morgan fingerprint density at radius 3 is 2.25 bits per heavy atom. The van der Waals surface area contributed by atoms with Crippen LogP contribution >= 0.6 is 0 Å². The Labute approximate surface area is 95.2 Å². The Balaban J connectivity index is 2.70. The monoisotopic (exact) mass is 254 g/mol. The lowest BCUT2D eigenvalue weighted by Crippen LogP contribution is -2.57. The Kier molecular flexibility index (Phi) is 4.65. The average Bonchev–Trinajstić information content (AvgIpc) is 2.29. The van der Waals surface area contributed by atoms with Gasteiger partial charge in [-0.2, -0.15) is 17.4 Å². The minimum atomic E-state index is -3.68. The molecular formula is C8H18N2O5S. The van der Waals surface area contributed by atoms with Gasteiger partial charge in [0, 0.05) is 13.1 Å². The highest BCUT2D eigenvalue weighted by molar-refractivity contribution is 7.87. The topological polar surface area (TPSA) is 99.1 Å². The van der Waals surface area contributed by atoms with Crippen molar-refractivity contribution in [2.45, 2.75) is 12.5 Å². The van der Waals surface area contributed by atoms with Crippen molar-refractivity contribution in [1.82, 2.24) is 9.03 Å². The molecule has 0 amide bonds. The molecule has 1 saturated heterocycles. The molecule has 16 heavy (non-hydrogen) atoms. The number of nitrogens with one attached hydrogen (secondary N) is 1. The van der Waals surface area contributed by atoms with Gasteiger partial charge in [0.1, 0.15) is 0 Å². The van der Waals surface area contributed by atoms with E-state index in [-0.39, 0.29) is 13.1 Å². The van der Waals surface area contributed by atoms with Gasteiger partial charge in [0.2, 0.25) is 0 Å². The highest BCUT2D eigenvalue weighted by atomic mass is 32.2. The number of nitrogens with zero attached hydrogens (tertiary/aromatic N) is 1. The highest BCUT2D eigenvalue weighted by Gasteiger charge is 2.33. The van der Waals surface area contributed by atoms with Gasteiger partial charge in [0.25, 0.3) is 10.2 Å². The van der Waals surface area contributed by atoms with Gasteiger partial charge in [-0.05, 0) is 6.92 Å². The fraction of sp³-hybridized carbons (Fsp3) is 1.00. The Hall–Kier alpha value is -0.250. The van der Waals surface area contributed by atoms with Crippen molar-refractivity contribution in [3.05, 3.63) is 0 Å². The van der Waals surface area contributed by atoms with Crippen molar-refractivity contribution in [2.75, 3.05) is 39.5 Å². The molecule has 0 saturated carbocycles. The zero-order chi connectivity index (χ0) is 12.2. The van der Waals surface area contributed by atoms with Gasteiger partial charge in [0.15, 0.2) is 0 Å². The van der Waals surface area contributed by atoms with Crippen molar-refractivity contribution >= 4 is 10.2 Å². The van der Waals surface area contributed by atoms with Gasteiger partial charge >= 0.3 is 0 Å². The zero-order valence-electron chi connectivity index (χ0n) is 9.22. The van der Waals surface area contributed by atoms with E-state index in [0.717, 1.165) is 0 Å². The van der Waals surface area contributed by atoms with Crippen molar-refractivity contribution in [3.8, 4) is 0 Å². The summed E-state index contributed by atoms with van der Waals surface area (Å²) in [6.45, 7) is 1.78. The largest absolute Gasteiger partial charge is 0.394 e. The second kappa shape index (κ2) is 5.39. The number of aliphatic hydroxyl groups is 2. The van der Waals surface area contributed by atoms with Crippen LogP contribution < -0.4 is 4.72 Å². The molecule has 0 spiro atoms. The molecule has 1 heterocycles. The molecule has 1 fully saturated rings. The van der Waals surface area contributed by atoms with Gasteiger partial charge in [0.05, 0.1) is 32.0 Å². The molecule has 0 atom stereocenters. The number of morpholine rings is 1. The third-order valence-electron chi connectivity index (χ3n) is 2.38. The lowest BCUT2D eigenvalue weighted by atomic mass is 10.1. The second-order valence-corrected chi connectivity index (χ2v) is 5.67. The summed E-state index contributed by atoms with van der Waals surface area (Å²) in [7, 11) is -3.68. The summed E-state index contributed by atoms with van der Waals surface area (Å²) in [5, 5.41) is 18.0. The van der Waals surface area contributed by atoms with E-state index in [1.807, 2.05) is 0 Å². The van der Waals surface area contributed by atoms with Crippen LogP contribution in [0.5, 0.6) is 0 Å². The van der Waals surface area contributed by atoms with Gasteiger partial charge in [-0.25, -0.2) is 0 Å². The molecule has 8 heteroatoms. The molecule has 0 unspecified atom stereocenters. The molecule has 0 radical (unpaired) electrons. The molecule has 1 aliphatic rings. The van der Waals surface area contributed by atoms with Crippen LogP contribution in [0.4, 0.5) is 0 Å². The van der Waals surface area contributed by atoms with Crippen LogP contribution in [0, 0.1) is 0 Å². The van der Waals surface area contributed by atoms with Gasteiger partial charge < -0.3 is 14.9 Å². The first-order valence-electron chi connectivity index (χ1n) is 5.02. The first-order valence-corrected chi connectivity index (χ1v) is 6.46. The van der Waals surface area contributed by atoms with Gasteiger partial charge in [-0.3, -0.25) is 0 Å². The van der Waals surface area contributed by atoms with E-state index in [2.05, 4.69) is 4.72 Å². The van der Waals surface area contributed by atoms with Crippen molar-refractivity contribution < 1.29 is 23.4 Å². The minimum absolute atomic E-state index is 0.280. The Morgan fingerprint density at radius 2 is 1.81 bits per heavy atom. The van der Waals surface area contributed by atoms with Crippen LogP contribution in [0.15, 0.2) is 0 Å². The maximum atomic E-state index is 11.9. The SMILES string of the molecule is CC(CO)(CO)NS(=O)(=O)N1CCOCC1. The lowest BCUT2D eigenvalue weighted by Gasteiger charge is -2.32. The molecule has 96 valence electrons. The molecule has 0 aromatic heterocycles. The summed E-state index contributed by atoms with van der Waals surface area (Å²) in [6.07, 6.45) is 0. The van der Waals surface area contributed by atoms with E-state index in [1.54, 1.807) is 0 Å². The third kappa shape index (κ3) is 3.37. The fourth-order valence-corrected chi connectivity index (χ4v) is 2.79. The molecule has 3 N–H and O–H groups in total. The molecule has 0 bridgehead atoms. The highest BCUT2D eigenvalue weighted by Crippen LogP contribution is 2.09. The summed E-state index contributed by atoms with van der Waals surface area (Å²) >= 11 is 0. The first-order chi connectivity index (χ1) is 7.43. The average molecular weight is 254 g/mol. The van der Waals surface area contributed by atoms with E-state index >= 15 is 0 Å². The standard InChI is InChI=1S/C8H18N2O5S/c1-8(6-11,7-12)9-16(13,14)10-2-4-15-5-3-10/h9,11-12H,2-7H2,1H3. The summed E-state index contributed by atoms with van der Waals surface area (Å²) in [4.78, 5) is 0. The third-order valence-corrected chi connectivity index (χ3v) is 4.18. The number of ether oxygens (including phenoxy) is 1. The quantitative estimate of drug-likeness (QED) is 0.522. The minimum Gasteiger partial charge on any atom is -0.394 e. The Morgan fingerprint density at radius 1 is 1.31 bits per heavy atom. The van der Waals surface area contributed by atoms with Crippen LogP contribution in [0.2, 0.25) is 0 Å². The number of hydrogen-bond acceptors (Lipinski definition) is 5. The first kappa shape index (κ1) is 13.8. The summed E-state index contributed by atoms with van der Waals surface area (Å²) in [6, 6.07) is 0. The smallest absolute Gasteiger partial charge is 0.280 e. The van der Waals surface area contributed by atoms with E-state index in [4.69, 9.17) is 14.9 Å². The van der Waals surface area contributed by atoms with Gasteiger partial charge in [-0.1, -0.05) is 0 Å². The molecule has 1 aliphatic heterocycles. The number of hydrogen-bond donors (Lipinski definition) is 3. The normalized spacial score (nSPS) is 19.9. The molecular weight excluding hydrogens is 236 g/mol. The fourth-order valence-electron chi connectivity index (χ4n) is 1.28. The molecule has 0 aromatic rings. The predicted molar refractivity (Wildman–Crippen MR) is 57.0 cm³/mol. The molecule has 0 aromatic carbocycles. The maximum Gasteiger partial charge on any atom is 0.280 e. The number of rotatable bonds is 5. The molecule has 7 nitrogen and oxygen atoms in total. The van der Waals surface area contributed by atoms with E-state index in [9.17, 15) is 8.42 Å². The summed E-state index contributed by atoms with van der Waals surface area (Å²) < 4.78 is 32.3. The zero-order valence-corrected chi connectivity index (χ0v) is 10.0. The van der Waals surface area contributed by atoms with Crippen LogP contribution in [-0.2, 0) is 14.9 Å². The van der Waals surface area contributed by atoms with Gasteiger partial charge in [-0.15, -0.1) is 0 Å². The maximum absolute atomic E-state index is 11.9. The second-order valence-electron chi connectivity index (χ2n) is 4.00. The van der Waals surface area contributed by atoms with E-state index in [0.29, 0.717) is 13.2 Å². The van der Waals surface area contributed by atoms with E-state index in [1.165, 1.54) is 11.2 Å². The molecule has 0 aliphatic carbocycles. The lowest BCUT2D eigenvalue weighted by molar-refractivity contribution is 0.0699. The van der Waals surface area contributed by atoms with E-state index < -0.39 is 29.0 Å². The van der Waals surface area contributed by atoms with Crippen molar-refractivity contribution in [3.63, 3.8) is 0 Å². The van der Waals surface area contributed by atoms with Crippen LogP contribution in [-0.4, -0.2) is 68.0 Å².